The molecule has 0 aliphatic carbocycles. The zero-order valence-electron chi connectivity index (χ0n) is 10.9. The van der Waals surface area contributed by atoms with Gasteiger partial charge in [0.25, 0.3) is 0 Å². The molecule has 0 saturated carbocycles. The van der Waals surface area contributed by atoms with Gasteiger partial charge in [-0.3, -0.25) is 4.90 Å². The molecule has 1 atom stereocenters. The van der Waals surface area contributed by atoms with Gasteiger partial charge in [-0.2, -0.15) is 0 Å². The number of hydrogen-bond donors (Lipinski definition) is 1. The van der Waals surface area contributed by atoms with E-state index in [1.165, 1.54) is 25.2 Å². The predicted octanol–water partition coefficient (Wildman–Crippen LogP) is 1.50. The van der Waals surface area contributed by atoms with Crippen LogP contribution in [0.15, 0.2) is 16.7 Å². The molecule has 0 bridgehead atoms. The van der Waals surface area contributed by atoms with Gasteiger partial charge in [0.2, 0.25) is 0 Å². The fraction of sp³-hybridized carbons (Fsp3) is 0.615. The topological polar surface area (TPSA) is 56.9 Å². The molecule has 0 radical (unpaired) electrons. The minimum atomic E-state index is -0.926. The smallest absolute Gasteiger partial charge is 0.339 e. The van der Waals surface area contributed by atoms with E-state index < -0.39 is 5.97 Å². The van der Waals surface area contributed by atoms with Gasteiger partial charge in [0.15, 0.2) is 0 Å². The molecule has 1 aliphatic rings. The lowest BCUT2D eigenvalue weighted by molar-refractivity contribution is 0.0692. The molecule has 5 nitrogen and oxygen atoms in total. The predicted molar refractivity (Wildman–Crippen MR) is 67.7 cm³/mol. The summed E-state index contributed by atoms with van der Waals surface area (Å²) in [7, 11) is 4.14. The van der Waals surface area contributed by atoms with Crippen LogP contribution in [0, 0.1) is 0 Å². The number of carboxylic acid groups (broad SMARTS) is 1. The molecule has 1 aliphatic heterocycles. The lowest BCUT2D eigenvalue weighted by Gasteiger charge is -2.25. The minimum absolute atomic E-state index is 0.265. The monoisotopic (exact) mass is 252 g/mol. The Morgan fingerprint density at radius 2 is 2.44 bits per heavy atom. The number of carboxylic acids is 1. The van der Waals surface area contributed by atoms with Crippen LogP contribution in [0.4, 0.5) is 0 Å². The number of rotatable bonds is 5. The first kappa shape index (κ1) is 13.1. The Balaban J connectivity index is 1.92. The number of likely N-dealkylation sites (tertiary alicyclic amines) is 1. The highest BCUT2D eigenvalue weighted by atomic mass is 16.4. The van der Waals surface area contributed by atoms with E-state index in [1.54, 1.807) is 0 Å². The summed E-state index contributed by atoms with van der Waals surface area (Å²) in [5, 5.41) is 9.01. The number of hydrogen-bond acceptors (Lipinski definition) is 4. The highest BCUT2D eigenvalue weighted by molar-refractivity contribution is 5.88. The average molecular weight is 252 g/mol. The molecule has 5 heteroatoms. The zero-order valence-corrected chi connectivity index (χ0v) is 10.9. The second-order valence-electron chi connectivity index (χ2n) is 5.04. The molecule has 1 unspecified atom stereocenters. The Hall–Kier alpha value is -1.33. The van der Waals surface area contributed by atoms with E-state index in [0.29, 0.717) is 18.3 Å². The van der Waals surface area contributed by atoms with Crippen LogP contribution in [-0.4, -0.2) is 54.1 Å². The van der Waals surface area contributed by atoms with Crippen molar-refractivity contribution in [3.05, 3.63) is 23.7 Å². The van der Waals surface area contributed by atoms with E-state index in [4.69, 9.17) is 9.52 Å². The van der Waals surface area contributed by atoms with E-state index in [1.807, 2.05) is 7.05 Å². The van der Waals surface area contributed by atoms with Crippen LogP contribution in [0.3, 0.4) is 0 Å². The van der Waals surface area contributed by atoms with Crippen LogP contribution in [0.2, 0.25) is 0 Å². The van der Waals surface area contributed by atoms with Gasteiger partial charge in [-0.1, -0.05) is 0 Å². The lowest BCUT2D eigenvalue weighted by Crippen LogP contribution is -2.36. The number of aromatic carboxylic acids is 1. The Kier molecular flexibility index (Phi) is 4.04. The first-order valence-electron chi connectivity index (χ1n) is 6.26. The highest BCUT2D eigenvalue weighted by Crippen LogP contribution is 2.17. The van der Waals surface area contributed by atoms with Gasteiger partial charge in [-0.05, 0) is 39.5 Å². The van der Waals surface area contributed by atoms with E-state index in [-0.39, 0.29) is 5.56 Å². The largest absolute Gasteiger partial charge is 0.478 e. The van der Waals surface area contributed by atoms with Crippen LogP contribution in [0.5, 0.6) is 0 Å². The molecule has 2 rings (SSSR count). The van der Waals surface area contributed by atoms with Crippen molar-refractivity contribution >= 4 is 5.97 Å². The van der Waals surface area contributed by atoms with Crippen LogP contribution in [-0.2, 0) is 6.54 Å². The standard InChI is InChI=1S/C13H20N2O3/c1-14(8-10-4-3-6-15(10)2)9-12-11(13(16)17)5-7-18-12/h5,7,10H,3-4,6,8-9H2,1-2H3,(H,16,17). The molecule has 1 aromatic rings. The van der Waals surface area contributed by atoms with Gasteiger partial charge >= 0.3 is 5.97 Å². The quantitative estimate of drug-likeness (QED) is 0.860. The van der Waals surface area contributed by atoms with Crippen molar-refractivity contribution in [3.8, 4) is 0 Å². The molecular weight excluding hydrogens is 232 g/mol. The second kappa shape index (κ2) is 5.54. The van der Waals surface area contributed by atoms with Crippen LogP contribution < -0.4 is 0 Å². The van der Waals surface area contributed by atoms with Gasteiger partial charge in [0.1, 0.15) is 11.3 Å². The van der Waals surface area contributed by atoms with E-state index in [2.05, 4.69) is 16.8 Å². The average Bonchev–Trinajstić information content (AvgIpc) is 2.89. The fourth-order valence-electron chi connectivity index (χ4n) is 2.53. The molecular formula is C13H20N2O3. The number of furan rings is 1. The molecule has 18 heavy (non-hydrogen) atoms. The van der Waals surface area contributed by atoms with Crippen molar-refractivity contribution in [1.29, 1.82) is 0 Å². The Morgan fingerprint density at radius 1 is 1.67 bits per heavy atom. The van der Waals surface area contributed by atoms with Crippen molar-refractivity contribution in [2.45, 2.75) is 25.4 Å². The summed E-state index contributed by atoms with van der Waals surface area (Å²) in [5.41, 5.74) is 0.265. The van der Waals surface area contributed by atoms with Crippen molar-refractivity contribution in [2.24, 2.45) is 0 Å². The second-order valence-corrected chi connectivity index (χ2v) is 5.04. The molecule has 0 spiro atoms. The summed E-state index contributed by atoms with van der Waals surface area (Å²) >= 11 is 0. The molecule has 1 saturated heterocycles. The summed E-state index contributed by atoms with van der Waals surface area (Å²) in [6.07, 6.45) is 3.90. The molecule has 2 heterocycles. The maximum Gasteiger partial charge on any atom is 0.339 e. The van der Waals surface area contributed by atoms with Crippen molar-refractivity contribution in [3.63, 3.8) is 0 Å². The van der Waals surface area contributed by atoms with Gasteiger partial charge in [-0.15, -0.1) is 0 Å². The summed E-state index contributed by atoms with van der Waals surface area (Å²) in [5.74, 6) is -0.393. The molecule has 0 amide bonds. The third kappa shape index (κ3) is 2.91. The van der Waals surface area contributed by atoms with Crippen molar-refractivity contribution in [2.75, 3.05) is 27.2 Å². The number of nitrogens with zero attached hydrogens (tertiary/aromatic N) is 2. The molecule has 1 aromatic heterocycles. The lowest BCUT2D eigenvalue weighted by atomic mass is 10.2. The van der Waals surface area contributed by atoms with Crippen LogP contribution >= 0.6 is 0 Å². The van der Waals surface area contributed by atoms with Gasteiger partial charge in [0, 0.05) is 12.6 Å². The van der Waals surface area contributed by atoms with Crippen LogP contribution in [0.1, 0.15) is 29.0 Å². The third-order valence-corrected chi connectivity index (χ3v) is 3.58. The molecule has 1 N–H and O–H groups in total. The fourth-order valence-corrected chi connectivity index (χ4v) is 2.53. The minimum Gasteiger partial charge on any atom is -0.478 e. The van der Waals surface area contributed by atoms with E-state index in [0.717, 1.165) is 13.1 Å². The van der Waals surface area contributed by atoms with Crippen molar-refractivity contribution < 1.29 is 14.3 Å². The number of carbonyl (C=O) groups is 1. The van der Waals surface area contributed by atoms with Gasteiger partial charge in [-0.25, -0.2) is 4.79 Å². The normalized spacial score (nSPS) is 20.7. The SMILES string of the molecule is CN(Cc1occc1C(=O)O)CC1CCCN1C. The Bertz CT molecular complexity index is 416. The maximum atomic E-state index is 11.0. The summed E-state index contributed by atoms with van der Waals surface area (Å²) in [6.45, 7) is 2.63. The van der Waals surface area contributed by atoms with E-state index >= 15 is 0 Å². The first-order chi connectivity index (χ1) is 8.58. The maximum absolute atomic E-state index is 11.0. The van der Waals surface area contributed by atoms with Gasteiger partial charge in [0.05, 0.1) is 12.8 Å². The number of likely N-dealkylation sites (N-methyl/N-ethyl adjacent to an activating group) is 2. The third-order valence-electron chi connectivity index (χ3n) is 3.58. The Labute approximate surface area is 107 Å². The van der Waals surface area contributed by atoms with Gasteiger partial charge < -0.3 is 14.4 Å². The highest BCUT2D eigenvalue weighted by Gasteiger charge is 2.23. The molecule has 0 aromatic carbocycles. The zero-order chi connectivity index (χ0) is 13.1. The van der Waals surface area contributed by atoms with E-state index in [9.17, 15) is 4.79 Å². The first-order valence-corrected chi connectivity index (χ1v) is 6.26. The summed E-state index contributed by atoms with van der Waals surface area (Å²) in [4.78, 5) is 15.5. The van der Waals surface area contributed by atoms with Crippen molar-refractivity contribution in [1.82, 2.24) is 9.80 Å². The molecule has 100 valence electrons. The Morgan fingerprint density at radius 3 is 3.06 bits per heavy atom. The van der Waals surface area contributed by atoms with Crippen LogP contribution in [0.25, 0.3) is 0 Å². The molecule has 1 fully saturated rings. The summed E-state index contributed by atoms with van der Waals surface area (Å²) in [6, 6.07) is 2.07. The summed E-state index contributed by atoms with van der Waals surface area (Å²) < 4.78 is 5.25.